The Morgan fingerprint density at radius 3 is 2.65 bits per heavy atom. The van der Waals surface area contributed by atoms with Crippen molar-refractivity contribution in [3.05, 3.63) is 12.0 Å². The monoisotopic (exact) mass is 371 g/mol. The number of nitrogens with zero attached hydrogens (tertiary/aromatic N) is 3. The maximum Gasteiger partial charge on any atom is 1.00 e. The van der Waals surface area contributed by atoms with E-state index in [1.165, 1.54) is 10.9 Å². The molecule has 10 nitrogen and oxygen atoms in total. The number of aromatic nitrogens is 2. The Kier molecular flexibility index (Phi) is 6.59. The van der Waals surface area contributed by atoms with Crippen LogP contribution in [0.4, 0.5) is 5.82 Å². The van der Waals surface area contributed by atoms with E-state index in [-0.39, 0.29) is 40.0 Å². The van der Waals surface area contributed by atoms with Crippen LogP contribution in [0.25, 0.3) is 0 Å². The van der Waals surface area contributed by atoms with E-state index >= 15 is 0 Å². The Bertz CT molecular complexity index is 581. The molecule has 1 fully saturated rings. The minimum atomic E-state index is -1.23. The number of aliphatic hydroxyl groups is 4. The van der Waals surface area contributed by atoms with Gasteiger partial charge in [-0.2, -0.15) is 0 Å². The highest BCUT2D eigenvalue weighted by atomic mass is 35.5. The molecule has 12 heteroatoms. The second kappa shape index (κ2) is 7.62. The summed E-state index contributed by atoms with van der Waals surface area (Å²) < 4.78 is 6.90. The van der Waals surface area contributed by atoms with Crippen molar-refractivity contribution in [2.45, 2.75) is 30.8 Å². The van der Waals surface area contributed by atoms with Gasteiger partial charge in [-0.1, -0.05) is 0 Å². The molecule has 5 atom stereocenters. The molecule has 1 aromatic rings. The average Bonchev–Trinajstić information content (AvgIpc) is 2.95. The van der Waals surface area contributed by atoms with Crippen LogP contribution in [0.1, 0.15) is 14.8 Å². The van der Waals surface area contributed by atoms with E-state index < -0.39 is 37.4 Å². The summed E-state index contributed by atoms with van der Waals surface area (Å²) in [5.74, 6) is 0.482. The first-order chi connectivity index (χ1) is 10.0. The number of β-amino-alcohol motifs (C(OH)–C–C–N with tert-alkyl or cyclic N) is 1. The Labute approximate surface area is 146 Å². The molecular formula is C11H19Cl2N5O5. The number of nitrogens with one attached hydrogen (secondary N) is 1. The number of nitrogens with two attached hydrogens (primary N) is 1. The molecule has 0 radical (unpaired) electrons. The molecule has 2 aliphatic rings. The summed E-state index contributed by atoms with van der Waals surface area (Å²) in [5, 5.41) is 41.5. The van der Waals surface area contributed by atoms with Gasteiger partial charge in [0.05, 0.1) is 19.5 Å². The van der Waals surface area contributed by atoms with E-state index in [0.29, 0.717) is 11.5 Å². The lowest BCUT2D eigenvalue weighted by Crippen LogP contribution is -3.00. The largest absolute Gasteiger partial charge is 1.00 e. The summed E-state index contributed by atoms with van der Waals surface area (Å²) in [7, 11) is 0. The number of ether oxygens (including phenoxy) is 1. The Morgan fingerprint density at radius 1 is 1.35 bits per heavy atom. The van der Waals surface area contributed by atoms with Crippen molar-refractivity contribution in [1.29, 1.82) is 0 Å². The maximum atomic E-state index is 10.0. The number of imidazole rings is 1. The first-order valence-corrected chi connectivity index (χ1v) is 6.47. The molecule has 1 saturated heterocycles. The third-order valence-electron chi connectivity index (χ3n) is 3.57. The SMILES string of the molecule is NC1=NC(O)CNc2c1ncn2[C@@H]1O[C@H](CO)[C@@H](O)[C@H]1O.[Cl-].[Cl-].[H+].[H+]. The zero-order chi connectivity index (χ0) is 15.1. The summed E-state index contributed by atoms with van der Waals surface area (Å²) in [6, 6.07) is 0. The molecule has 0 bridgehead atoms. The molecule has 0 aliphatic carbocycles. The number of hydrogen-bond donors (Lipinski definition) is 6. The number of anilines is 1. The van der Waals surface area contributed by atoms with Crippen LogP contribution in [0, 0.1) is 0 Å². The lowest BCUT2D eigenvalue weighted by molar-refractivity contribution is -0.0519. The van der Waals surface area contributed by atoms with Crippen LogP contribution in [0.15, 0.2) is 11.3 Å². The minimum absolute atomic E-state index is 0. The van der Waals surface area contributed by atoms with Gasteiger partial charge >= 0.3 is 2.85 Å². The predicted octanol–water partition coefficient (Wildman–Crippen LogP) is -8.82. The molecule has 1 unspecified atom stereocenters. The summed E-state index contributed by atoms with van der Waals surface area (Å²) in [5.41, 5.74) is 6.07. The third kappa shape index (κ3) is 3.38. The van der Waals surface area contributed by atoms with Gasteiger partial charge in [0.25, 0.3) is 0 Å². The number of aliphatic imine (C=N–C) groups is 1. The van der Waals surface area contributed by atoms with Crippen molar-refractivity contribution in [3.63, 3.8) is 0 Å². The van der Waals surface area contributed by atoms with Crippen LogP contribution in [0.2, 0.25) is 0 Å². The van der Waals surface area contributed by atoms with Crippen molar-refractivity contribution < 1.29 is 52.8 Å². The molecule has 3 rings (SSSR count). The Morgan fingerprint density at radius 2 is 2.04 bits per heavy atom. The van der Waals surface area contributed by atoms with E-state index in [2.05, 4.69) is 15.3 Å². The van der Waals surface area contributed by atoms with Gasteiger partial charge < -0.3 is 61.0 Å². The summed E-state index contributed by atoms with van der Waals surface area (Å²) in [6.07, 6.45) is -3.86. The standard InChI is InChI=1S/C11H17N5O5.2ClH/c12-9-6-10(13-1-5(18)15-9)16(3-14-6)11-8(20)7(19)4(2-17)21-11;;/h3-5,7-8,11,13,17-20H,1-2H2,(H2,12,15);2*1H/t4-,5?,7-,8-,11-;;/m1../s1. The Hall–Kier alpha value is -1.14. The second-order valence-electron chi connectivity index (χ2n) is 4.95. The Balaban J connectivity index is 0. The number of fused-ring (bicyclic) bond motifs is 1. The number of amidine groups is 1. The van der Waals surface area contributed by atoms with Crippen LogP contribution in [0.3, 0.4) is 0 Å². The van der Waals surface area contributed by atoms with E-state index in [4.69, 9.17) is 15.6 Å². The van der Waals surface area contributed by atoms with Crippen molar-refractivity contribution >= 4 is 11.7 Å². The lowest BCUT2D eigenvalue weighted by atomic mass is 10.1. The zero-order valence-electron chi connectivity index (χ0n) is 13.8. The lowest BCUT2D eigenvalue weighted by Gasteiger charge is -2.19. The van der Waals surface area contributed by atoms with E-state index in [9.17, 15) is 15.3 Å². The van der Waals surface area contributed by atoms with Gasteiger partial charge in [0.1, 0.15) is 29.8 Å². The fraction of sp³-hybridized carbons (Fsp3) is 0.636. The minimum Gasteiger partial charge on any atom is -1.00 e. The highest BCUT2D eigenvalue weighted by Gasteiger charge is 2.44. The van der Waals surface area contributed by atoms with Crippen LogP contribution in [0.5, 0.6) is 0 Å². The number of aliphatic hydroxyl groups excluding tert-OH is 4. The molecule has 1 aromatic heterocycles. The van der Waals surface area contributed by atoms with Gasteiger partial charge in [0.15, 0.2) is 18.3 Å². The summed E-state index contributed by atoms with van der Waals surface area (Å²) in [6.45, 7) is -0.296. The van der Waals surface area contributed by atoms with Gasteiger partial charge in [-0.25, -0.2) is 9.98 Å². The summed E-state index contributed by atoms with van der Waals surface area (Å²) >= 11 is 0. The molecule has 132 valence electrons. The zero-order valence-corrected chi connectivity index (χ0v) is 13.3. The van der Waals surface area contributed by atoms with Crippen molar-refractivity contribution in [2.24, 2.45) is 10.7 Å². The van der Waals surface area contributed by atoms with Crippen molar-refractivity contribution in [2.75, 3.05) is 18.5 Å². The second-order valence-corrected chi connectivity index (χ2v) is 4.95. The third-order valence-corrected chi connectivity index (χ3v) is 3.57. The van der Waals surface area contributed by atoms with E-state index in [0.717, 1.165) is 0 Å². The maximum absolute atomic E-state index is 10.0. The fourth-order valence-electron chi connectivity index (χ4n) is 2.48. The molecular weight excluding hydrogens is 353 g/mol. The first-order valence-electron chi connectivity index (χ1n) is 6.47. The summed E-state index contributed by atoms with van der Waals surface area (Å²) in [4.78, 5) is 7.93. The topological polar surface area (TPSA) is 158 Å². The molecule has 0 spiro atoms. The van der Waals surface area contributed by atoms with E-state index in [1.807, 2.05) is 0 Å². The quantitative estimate of drug-likeness (QED) is 0.299. The van der Waals surface area contributed by atoms with Gasteiger partial charge in [0.2, 0.25) is 0 Å². The first kappa shape index (κ1) is 19.9. The van der Waals surface area contributed by atoms with E-state index in [1.54, 1.807) is 0 Å². The van der Waals surface area contributed by atoms with Gasteiger partial charge in [0, 0.05) is 0 Å². The van der Waals surface area contributed by atoms with Crippen molar-refractivity contribution in [1.82, 2.24) is 9.55 Å². The van der Waals surface area contributed by atoms with Crippen molar-refractivity contribution in [3.8, 4) is 0 Å². The molecule has 0 saturated carbocycles. The van der Waals surface area contributed by atoms with Crippen LogP contribution >= 0.6 is 0 Å². The van der Waals surface area contributed by atoms with Gasteiger partial charge in [-0.05, 0) is 0 Å². The highest BCUT2D eigenvalue weighted by Crippen LogP contribution is 2.33. The van der Waals surface area contributed by atoms with Crippen LogP contribution in [-0.2, 0) is 4.74 Å². The molecule has 2 aliphatic heterocycles. The van der Waals surface area contributed by atoms with Crippen LogP contribution in [-0.4, -0.2) is 73.5 Å². The number of rotatable bonds is 2. The molecule has 23 heavy (non-hydrogen) atoms. The molecule has 3 heterocycles. The molecule has 0 aromatic carbocycles. The van der Waals surface area contributed by atoms with Gasteiger partial charge in [-0.3, -0.25) is 4.57 Å². The highest BCUT2D eigenvalue weighted by molar-refractivity contribution is 6.00. The normalized spacial score (nSPS) is 32.7. The predicted molar refractivity (Wildman–Crippen MR) is 72.7 cm³/mol. The average molecular weight is 372 g/mol. The van der Waals surface area contributed by atoms with Gasteiger partial charge in [-0.15, -0.1) is 0 Å². The molecule has 7 N–H and O–H groups in total. The number of halogens is 2. The smallest absolute Gasteiger partial charge is 1.00 e. The number of hydrogen-bond acceptors (Lipinski definition) is 9. The fourth-order valence-corrected chi connectivity index (χ4v) is 2.48. The molecule has 0 amide bonds. The van der Waals surface area contributed by atoms with Crippen LogP contribution < -0.4 is 35.9 Å².